The summed E-state index contributed by atoms with van der Waals surface area (Å²) in [6.45, 7) is 6.48. The van der Waals surface area contributed by atoms with Gasteiger partial charge in [0.2, 0.25) is 0 Å². The maximum absolute atomic E-state index is 5.99. The maximum Gasteiger partial charge on any atom is 0.0473 e. The van der Waals surface area contributed by atoms with Crippen LogP contribution in [0.5, 0.6) is 0 Å². The average molecular weight is 297 g/mol. The Morgan fingerprint density at radius 2 is 2.24 bits per heavy atom. The van der Waals surface area contributed by atoms with Crippen LogP contribution in [0.15, 0.2) is 28.7 Å². The highest BCUT2D eigenvalue weighted by molar-refractivity contribution is 9.10. The first-order valence-electron chi connectivity index (χ1n) is 6.33. The Kier molecular flexibility index (Phi) is 4.23. The summed E-state index contributed by atoms with van der Waals surface area (Å²) < 4.78 is 1.13. The molecule has 3 heteroatoms. The summed E-state index contributed by atoms with van der Waals surface area (Å²) in [5, 5.41) is 0. The van der Waals surface area contributed by atoms with Gasteiger partial charge in [-0.25, -0.2) is 0 Å². The van der Waals surface area contributed by atoms with E-state index >= 15 is 0 Å². The van der Waals surface area contributed by atoms with E-state index in [9.17, 15) is 0 Å². The van der Waals surface area contributed by atoms with Crippen LogP contribution in [0.2, 0.25) is 0 Å². The summed E-state index contributed by atoms with van der Waals surface area (Å²) in [6.07, 6.45) is 1.28. The standard InChI is InChI=1S/C14H21BrN2/c1-10-6-11(2)17(9-10)14(8-16)12-4-3-5-13(15)7-12/h3-5,7,10-11,14H,6,8-9,16H2,1-2H3. The fourth-order valence-corrected chi connectivity index (χ4v) is 3.36. The molecule has 1 heterocycles. The van der Waals surface area contributed by atoms with Crippen molar-refractivity contribution in [3.05, 3.63) is 34.3 Å². The van der Waals surface area contributed by atoms with Crippen LogP contribution in [0.3, 0.4) is 0 Å². The van der Waals surface area contributed by atoms with Crippen LogP contribution in [-0.2, 0) is 0 Å². The molecule has 1 aliphatic heterocycles. The van der Waals surface area contributed by atoms with Gasteiger partial charge in [-0.1, -0.05) is 35.0 Å². The Bertz CT molecular complexity index is 380. The zero-order valence-electron chi connectivity index (χ0n) is 10.6. The Morgan fingerprint density at radius 3 is 2.76 bits per heavy atom. The predicted octanol–water partition coefficient (Wildman–Crippen LogP) is 3.18. The summed E-state index contributed by atoms with van der Waals surface area (Å²) in [7, 11) is 0. The SMILES string of the molecule is CC1CC(C)N(C(CN)c2cccc(Br)c2)C1. The Morgan fingerprint density at radius 1 is 1.47 bits per heavy atom. The molecule has 2 rings (SSSR count). The third-order valence-corrected chi connectivity index (χ3v) is 4.18. The first-order valence-corrected chi connectivity index (χ1v) is 7.12. The maximum atomic E-state index is 5.99. The molecule has 1 aromatic carbocycles. The summed E-state index contributed by atoms with van der Waals surface area (Å²) >= 11 is 3.54. The molecule has 1 aliphatic rings. The summed E-state index contributed by atoms with van der Waals surface area (Å²) in [5.41, 5.74) is 7.31. The van der Waals surface area contributed by atoms with Crippen molar-refractivity contribution in [3.63, 3.8) is 0 Å². The van der Waals surface area contributed by atoms with Crippen molar-refractivity contribution in [1.82, 2.24) is 4.90 Å². The average Bonchev–Trinajstić information content (AvgIpc) is 2.59. The molecule has 0 spiro atoms. The van der Waals surface area contributed by atoms with Gasteiger partial charge in [-0.2, -0.15) is 0 Å². The van der Waals surface area contributed by atoms with Crippen molar-refractivity contribution < 1.29 is 0 Å². The molecule has 1 fully saturated rings. The van der Waals surface area contributed by atoms with Crippen molar-refractivity contribution in [2.24, 2.45) is 11.7 Å². The fraction of sp³-hybridized carbons (Fsp3) is 0.571. The van der Waals surface area contributed by atoms with Crippen molar-refractivity contribution in [2.75, 3.05) is 13.1 Å². The van der Waals surface area contributed by atoms with Gasteiger partial charge in [0.25, 0.3) is 0 Å². The molecule has 94 valence electrons. The van der Waals surface area contributed by atoms with E-state index in [0.717, 1.165) is 16.9 Å². The number of nitrogens with zero attached hydrogens (tertiary/aromatic N) is 1. The van der Waals surface area contributed by atoms with Crippen molar-refractivity contribution in [2.45, 2.75) is 32.4 Å². The number of benzene rings is 1. The third-order valence-electron chi connectivity index (χ3n) is 3.69. The van der Waals surface area contributed by atoms with Gasteiger partial charge >= 0.3 is 0 Å². The second-order valence-electron chi connectivity index (χ2n) is 5.19. The van der Waals surface area contributed by atoms with E-state index in [0.29, 0.717) is 18.6 Å². The van der Waals surface area contributed by atoms with Crippen molar-refractivity contribution >= 4 is 15.9 Å². The van der Waals surface area contributed by atoms with Crippen LogP contribution >= 0.6 is 15.9 Å². The largest absolute Gasteiger partial charge is 0.329 e. The molecule has 17 heavy (non-hydrogen) atoms. The molecule has 3 atom stereocenters. The Labute approximate surface area is 112 Å². The number of hydrogen-bond donors (Lipinski definition) is 1. The third kappa shape index (κ3) is 2.90. The van der Waals surface area contributed by atoms with E-state index in [4.69, 9.17) is 5.73 Å². The van der Waals surface area contributed by atoms with E-state index in [1.54, 1.807) is 0 Å². The molecule has 0 amide bonds. The van der Waals surface area contributed by atoms with E-state index < -0.39 is 0 Å². The second-order valence-corrected chi connectivity index (χ2v) is 6.11. The zero-order valence-corrected chi connectivity index (χ0v) is 12.2. The van der Waals surface area contributed by atoms with Crippen LogP contribution in [0.4, 0.5) is 0 Å². The first-order chi connectivity index (χ1) is 8.11. The Hall–Kier alpha value is -0.380. The summed E-state index contributed by atoms with van der Waals surface area (Å²) in [4.78, 5) is 2.55. The van der Waals surface area contributed by atoms with Gasteiger partial charge in [0.1, 0.15) is 0 Å². The zero-order chi connectivity index (χ0) is 12.4. The van der Waals surface area contributed by atoms with Gasteiger partial charge in [-0.05, 0) is 37.0 Å². The lowest BCUT2D eigenvalue weighted by Gasteiger charge is -2.31. The quantitative estimate of drug-likeness (QED) is 0.928. The van der Waals surface area contributed by atoms with Crippen LogP contribution in [-0.4, -0.2) is 24.0 Å². The van der Waals surface area contributed by atoms with Crippen LogP contribution in [0.25, 0.3) is 0 Å². The molecular formula is C14H21BrN2. The Balaban J connectivity index is 2.21. The highest BCUT2D eigenvalue weighted by Crippen LogP contribution is 2.32. The van der Waals surface area contributed by atoms with Gasteiger partial charge in [-0.3, -0.25) is 4.90 Å². The molecule has 1 aromatic rings. The first kappa shape index (κ1) is 13.1. The lowest BCUT2D eigenvalue weighted by Crippen LogP contribution is -2.36. The van der Waals surface area contributed by atoms with Crippen molar-refractivity contribution in [3.8, 4) is 0 Å². The van der Waals surface area contributed by atoms with Gasteiger partial charge in [0.15, 0.2) is 0 Å². The number of likely N-dealkylation sites (tertiary alicyclic amines) is 1. The smallest absolute Gasteiger partial charge is 0.0473 e. The number of halogens is 1. The second kappa shape index (κ2) is 5.51. The van der Waals surface area contributed by atoms with Gasteiger partial charge in [0.05, 0.1) is 0 Å². The molecule has 0 aromatic heterocycles. The molecule has 0 radical (unpaired) electrons. The molecule has 0 saturated carbocycles. The lowest BCUT2D eigenvalue weighted by atomic mass is 10.0. The molecule has 2 nitrogen and oxygen atoms in total. The fourth-order valence-electron chi connectivity index (χ4n) is 2.94. The highest BCUT2D eigenvalue weighted by Gasteiger charge is 2.31. The van der Waals surface area contributed by atoms with Gasteiger partial charge < -0.3 is 5.73 Å². The van der Waals surface area contributed by atoms with E-state index in [1.165, 1.54) is 12.0 Å². The minimum absolute atomic E-state index is 0.354. The minimum Gasteiger partial charge on any atom is -0.329 e. The van der Waals surface area contributed by atoms with E-state index in [2.05, 4.69) is 58.9 Å². The van der Waals surface area contributed by atoms with Crippen LogP contribution in [0, 0.1) is 5.92 Å². The topological polar surface area (TPSA) is 29.3 Å². The van der Waals surface area contributed by atoms with Gasteiger partial charge in [-0.15, -0.1) is 0 Å². The monoisotopic (exact) mass is 296 g/mol. The van der Waals surface area contributed by atoms with Gasteiger partial charge in [0, 0.05) is 29.6 Å². The molecule has 0 aliphatic carbocycles. The predicted molar refractivity (Wildman–Crippen MR) is 75.9 cm³/mol. The molecule has 1 saturated heterocycles. The van der Waals surface area contributed by atoms with E-state index in [1.807, 2.05) is 0 Å². The van der Waals surface area contributed by atoms with Crippen LogP contribution < -0.4 is 5.73 Å². The summed E-state index contributed by atoms with van der Waals surface area (Å²) in [5.74, 6) is 0.784. The van der Waals surface area contributed by atoms with E-state index in [-0.39, 0.29) is 0 Å². The van der Waals surface area contributed by atoms with Crippen LogP contribution in [0.1, 0.15) is 31.9 Å². The lowest BCUT2D eigenvalue weighted by molar-refractivity contribution is 0.192. The van der Waals surface area contributed by atoms with Crippen molar-refractivity contribution in [1.29, 1.82) is 0 Å². The molecule has 3 unspecified atom stereocenters. The molecule has 0 bridgehead atoms. The highest BCUT2D eigenvalue weighted by atomic mass is 79.9. The number of hydrogen-bond acceptors (Lipinski definition) is 2. The normalized spacial score (nSPS) is 27.3. The molecular weight excluding hydrogens is 276 g/mol. The number of rotatable bonds is 3. The minimum atomic E-state index is 0.354. The number of nitrogens with two attached hydrogens (primary N) is 1. The molecule has 2 N–H and O–H groups in total. The summed E-state index contributed by atoms with van der Waals surface area (Å²) in [6, 6.07) is 9.51.